The fourth-order valence-corrected chi connectivity index (χ4v) is 5.76. The molecular weight excluding hydrogens is 417 g/mol. The van der Waals surface area contributed by atoms with Gasteiger partial charge in [0, 0.05) is 18.7 Å². The summed E-state index contributed by atoms with van der Waals surface area (Å²) in [6.07, 6.45) is -0.420. The zero-order valence-corrected chi connectivity index (χ0v) is 19.9. The maximum absolute atomic E-state index is 13.3. The summed E-state index contributed by atoms with van der Waals surface area (Å²) in [6, 6.07) is 13.2. The van der Waals surface area contributed by atoms with Gasteiger partial charge in [0.15, 0.2) is 11.5 Å². The Labute approximate surface area is 185 Å². The van der Waals surface area contributed by atoms with Crippen molar-refractivity contribution in [1.29, 1.82) is 0 Å². The Balaban J connectivity index is 2.03. The summed E-state index contributed by atoms with van der Waals surface area (Å²) >= 11 is 0. The van der Waals surface area contributed by atoms with Crippen LogP contribution >= 0.6 is 7.37 Å². The Kier molecular flexibility index (Phi) is 9.85. The first-order valence-electron chi connectivity index (χ1n) is 10.3. The molecule has 0 fully saturated rings. The lowest BCUT2D eigenvalue weighted by Gasteiger charge is -2.23. The van der Waals surface area contributed by atoms with Gasteiger partial charge in [-0.2, -0.15) is 0 Å². The van der Waals surface area contributed by atoms with Crippen molar-refractivity contribution in [2.24, 2.45) is 0 Å². The molecule has 2 rings (SSSR count). The highest BCUT2D eigenvalue weighted by molar-refractivity contribution is 7.58. The Morgan fingerprint density at radius 2 is 1.65 bits per heavy atom. The van der Waals surface area contributed by atoms with E-state index in [1.54, 1.807) is 21.3 Å². The fraction of sp³-hybridized carbons (Fsp3) is 0.478. The molecule has 172 valence electrons. The molecule has 0 radical (unpaired) electrons. The zero-order chi connectivity index (χ0) is 22.9. The van der Waals surface area contributed by atoms with Crippen LogP contribution in [-0.2, 0) is 15.3 Å². The van der Waals surface area contributed by atoms with Crippen LogP contribution in [0.3, 0.4) is 0 Å². The van der Waals surface area contributed by atoms with Gasteiger partial charge in [-0.25, -0.2) is 0 Å². The van der Waals surface area contributed by atoms with Crippen molar-refractivity contribution >= 4 is 7.37 Å². The third kappa shape index (κ3) is 7.25. The molecule has 0 aliphatic rings. The van der Waals surface area contributed by atoms with E-state index in [4.69, 9.17) is 18.7 Å². The second kappa shape index (κ2) is 12.1. The van der Waals surface area contributed by atoms with Crippen LogP contribution in [0, 0.1) is 0 Å². The monoisotopic (exact) mass is 451 g/mol. The van der Waals surface area contributed by atoms with E-state index in [2.05, 4.69) is 5.32 Å². The fourth-order valence-electron chi connectivity index (χ4n) is 3.43. The smallest absolute Gasteiger partial charge is 0.210 e. The van der Waals surface area contributed by atoms with Crippen LogP contribution in [0.25, 0.3) is 0 Å². The van der Waals surface area contributed by atoms with Crippen molar-refractivity contribution in [3.8, 4) is 17.2 Å². The maximum Gasteiger partial charge on any atom is 0.210 e. The Hall–Kier alpha value is -2.05. The van der Waals surface area contributed by atoms with Crippen molar-refractivity contribution < 1.29 is 28.4 Å². The van der Waals surface area contributed by atoms with Gasteiger partial charge in [0.2, 0.25) is 13.1 Å². The predicted octanol–water partition coefficient (Wildman–Crippen LogP) is 4.24. The van der Waals surface area contributed by atoms with E-state index in [-0.39, 0.29) is 18.7 Å². The molecule has 2 aromatic rings. The molecule has 0 aliphatic heterocycles. The molecule has 0 aromatic heterocycles. The second-order valence-corrected chi connectivity index (χ2v) is 9.87. The number of methoxy groups -OCH3 is 3. The van der Waals surface area contributed by atoms with E-state index in [9.17, 15) is 9.67 Å². The van der Waals surface area contributed by atoms with Gasteiger partial charge in [-0.15, -0.1) is 0 Å². The number of hydrogen-bond acceptors (Lipinski definition) is 7. The first-order chi connectivity index (χ1) is 14.9. The minimum absolute atomic E-state index is 0.0880. The molecule has 0 saturated heterocycles. The molecule has 1 unspecified atom stereocenters. The van der Waals surface area contributed by atoms with Crippen LogP contribution in [0.1, 0.15) is 31.0 Å². The topological polar surface area (TPSA) is 86.3 Å². The lowest BCUT2D eigenvalue weighted by Crippen LogP contribution is -2.31. The minimum atomic E-state index is -3.01. The predicted molar refractivity (Wildman–Crippen MR) is 123 cm³/mol. The van der Waals surface area contributed by atoms with Crippen LogP contribution in [-0.4, -0.2) is 51.9 Å². The van der Waals surface area contributed by atoms with Crippen LogP contribution in [0.4, 0.5) is 0 Å². The molecule has 0 saturated carbocycles. The van der Waals surface area contributed by atoms with Gasteiger partial charge in [-0.05, 0) is 37.1 Å². The SMILES string of the molecule is CCOP(=O)(Cc1ccccc1)C[C@H](O)CN[C@@H](C)c1cc(OC)c(OC)c(OC)c1. The van der Waals surface area contributed by atoms with Crippen molar-refractivity contribution in [3.63, 3.8) is 0 Å². The molecule has 8 heteroatoms. The maximum atomic E-state index is 13.3. The van der Waals surface area contributed by atoms with E-state index >= 15 is 0 Å². The second-order valence-electron chi connectivity index (χ2n) is 7.30. The molecule has 0 heterocycles. The van der Waals surface area contributed by atoms with Gasteiger partial charge in [0.25, 0.3) is 0 Å². The molecule has 0 amide bonds. The highest BCUT2D eigenvalue weighted by Crippen LogP contribution is 2.50. The number of nitrogens with one attached hydrogen (secondary N) is 1. The standard InChI is InChI=1S/C23H34NO6P/c1-6-30-31(26,15-18-10-8-7-9-11-18)16-20(25)14-24-17(2)19-12-21(27-3)23(29-5)22(13-19)28-4/h7-13,17,20,24-25H,6,14-16H2,1-5H3/t17-,20+,31?/m0/s1. The van der Waals surface area contributed by atoms with Crippen molar-refractivity contribution in [3.05, 3.63) is 53.6 Å². The minimum Gasteiger partial charge on any atom is -0.493 e. The Morgan fingerprint density at radius 3 is 2.16 bits per heavy atom. The number of aliphatic hydroxyl groups is 1. The van der Waals surface area contributed by atoms with Crippen LogP contribution in [0.15, 0.2) is 42.5 Å². The quantitative estimate of drug-likeness (QED) is 0.441. The largest absolute Gasteiger partial charge is 0.493 e. The number of aliphatic hydroxyl groups excluding tert-OH is 1. The average Bonchev–Trinajstić information content (AvgIpc) is 2.76. The Bertz CT molecular complexity index is 835. The molecule has 31 heavy (non-hydrogen) atoms. The molecule has 0 spiro atoms. The molecule has 3 atom stereocenters. The highest BCUT2D eigenvalue weighted by atomic mass is 31.2. The van der Waals surface area contributed by atoms with Gasteiger partial charge in [-0.1, -0.05) is 30.3 Å². The van der Waals surface area contributed by atoms with Crippen LogP contribution in [0.5, 0.6) is 17.2 Å². The summed E-state index contributed by atoms with van der Waals surface area (Å²) in [7, 11) is 1.69. The molecule has 2 N–H and O–H groups in total. The molecule has 0 aliphatic carbocycles. The van der Waals surface area contributed by atoms with E-state index < -0.39 is 13.5 Å². The first kappa shape index (κ1) is 25.2. The Morgan fingerprint density at radius 1 is 1.03 bits per heavy atom. The first-order valence-corrected chi connectivity index (χ1v) is 12.3. The van der Waals surface area contributed by atoms with E-state index in [1.165, 1.54) is 0 Å². The molecular formula is C23H34NO6P. The third-order valence-corrected chi connectivity index (χ3v) is 7.52. The van der Waals surface area contributed by atoms with Gasteiger partial charge in [0.05, 0.1) is 40.2 Å². The van der Waals surface area contributed by atoms with E-state index in [0.29, 0.717) is 30.0 Å². The average molecular weight is 452 g/mol. The summed E-state index contributed by atoms with van der Waals surface area (Å²) in [6.45, 7) is 4.39. The summed E-state index contributed by atoms with van der Waals surface area (Å²) in [5.74, 6) is 1.66. The summed E-state index contributed by atoms with van der Waals surface area (Å²) in [5, 5.41) is 13.9. The van der Waals surface area contributed by atoms with Crippen molar-refractivity contribution in [1.82, 2.24) is 5.32 Å². The lowest BCUT2D eigenvalue weighted by molar-refractivity contribution is 0.183. The normalized spacial score (nSPS) is 15.0. The number of rotatable bonds is 13. The van der Waals surface area contributed by atoms with Gasteiger partial charge >= 0.3 is 0 Å². The third-order valence-electron chi connectivity index (χ3n) is 4.97. The summed E-state index contributed by atoms with van der Waals surface area (Å²) in [5.41, 5.74) is 1.85. The van der Waals surface area contributed by atoms with Gasteiger partial charge < -0.3 is 29.2 Å². The molecule has 0 bridgehead atoms. The van der Waals surface area contributed by atoms with E-state index in [1.807, 2.05) is 56.3 Å². The zero-order valence-electron chi connectivity index (χ0n) is 19.0. The van der Waals surface area contributed by atoms with Crippen LogP contribution in [0.2, 0.25) is 0 Å². The van der Waals surface area contributed by atoms with E-state index in [0.717, 1.165) is 11.1 Å². The van der Waals surface area contributed by atoms with Crippen LogP contribution < -0.4 is 19.5 Å². The molecule has 7 nitrogen and oxygen atoms in total. The number of hydrogen-bond donors (Lipinski definition) is 2. The summed E-state index contributed by atoms with van der Waals surface area (Å²) < 4.78 is 35.1. The lowest BCUT2D eigenvalue weighted by atomic mass is 10.1. The number of benzene rings is 2. The van der Waals surface area contributed by atoms with Gasteiger partial charge in [-0.3, -0.25) is 4.57 Å². The molecule has 2 aromatic carbocycles. The van der Waals surface area contributed by atoms with Gasteiger partial charge in [0.1, 0.15) is 0 Å². The summed E-state index contributed by atoms with van der Waals surface area (Å²) in [4.78, 5) is 0. The number of ether oxygens (including phenoxy) is 3. The highest BCUT2D eigenvalue weighted by Gasteiger charge is 2.27. The van der Waals surface area contributed by atoms with Crippen molar-refractivity contribution in [2.45, 2.75) is 32.2 Å². The van der Waals surface area contributed by atoms with Crippen molar-refractivity contribution in [2.75, 3.05) is 40.6 Å².